The first-order valence-electron chi connectivity index (χ1n) is 6.56. The van der Waals surface area contributed by atoms with Crippen molar-refractivity contribution in [3.63, 3.8) is 0 Å². The third-order valence-corrected chi connectivity index (χ3v) is 3.92. The van der Waals surface area contributed by atoms with Gasteiger partial charge in [-0.05, 0) is 37.3 Å². The Morgan fingerprint density at radius 1 is 1.32 bits per heavy atom. The van der Waals surface area contributed by atoms with E-state index >= 15 is 0 Å². The Bertz CT molecular complexity index is 822. The van der Waals surface area contributed by atoms with Crippen LogP contribution < -0.4 is 5.32 Å². The number of carbonyl (C=O) groups is 1. The molecule has 1 aromatic carbocycles. The molecule has 112 valence electrons. The minimum absolute atomic E-state index is 0.280. The van der Waals surface area contributed by atoms with Crippen molar-refractivity contribution in [3.8, 4) is 11.3 Å². The maximum atomic E-state index is 13.0. The summed E-state index contributed by atoms with van der Waals surface area (Å²) in [5.41, 5.74) is 1.77. The van der Waals surface area contributed by atoms with E-state index in [4.69, 9.17) is 0 Å². The van der Waals surface area contributed by atoms with Gasteiger partial charge in [0.25, 0.3) is 5.91 Å². The SMILES string of the molecule is Cc1cnc(NC(=O)c2cc(-c3ccc(F)cc3)nn2C)s1. The van der Waals surface area contributed by atoms with E-state index in [0.29, 0.717) is 16.5 Å². The summed E-state index contributed by atoms with van der Waals surface area (Å²) >= 11 is 1.41. The second kappa shape index (κ2) is 5.69. The molecule has 0 aliphatic heterocycles. The lowest BCUT2D eigenvalue weighted by Crippen LogP contribution is -2.15. The smallest absolute Gasteiger partial charge is 0.275 e. The fourth-order valence-electron chi connectivity index (χ4n) is 2.02. The van der Waals surface area contributed by atoms with E-state index in [0.717, 1.165) is 10.4 Å². The molecule has 0 atom stereocenters. The summed E-state index contributed by atoms with van der Waals surface area (Å²) < 4.78 is 14.5. The summed E-state index contributed by atoms with van der Waals surface area (Å²) in [5.74, 6) is -0.588. The maximum absolute atomic E-state index is 13.0. The summed E-state index contributed by atoms with van der Waals surface area (Å²) in [6.45, 7) is 1.92. The van der Waals surface area contributed by atoms with Gasteiger partial charge in [0, 0.05) is 23.7 Å². The van der Waals surface area contributed by atoms with Crippen LogP contribution in [0.15, 0.2) is 36.5 Å². The molecule has 0 bridgehead atoms. The number of benzene rings is 1. The Morgan fingerprint density at radius 2 is 2.05 bits per heavy atom. The maximum Gasteiger partial charge on any atom is 0.275 e. The van der Waals surface area contributed by atoms with Crippen molar-refractivity contribution in [2.45, 2.75) is 6.92 Å². The number of amides is 1. The predicted molar refractivity (Wildman–Crippen MR) is 83.4 cm³/mol. The van der Waals surface area contributed by atoms with Crippen LogP contribution in [0.2, 0.25) is 0 Å². The Labute approximate surface area is 130 Å². The average molecular weight is 316 g/mol. The fourth-order valence-corrected chi connectivity index (χ4v) is 2.67. The van der Waals surface area contributed by atoms with Crippen molar-refractivity contribution in [2.75, 3.05) is 5.32 Å². The predicted octanol–water partition coefficient (Wildman–Crippen LogP) is 3.24. The molecule has 2 heterocycles. The van der Waals surface area contributed by atoms with E-state index in [9.17, 15) is 9.18 Å². The summed E-state index contributed by atoms with van der Waals surface area (Å²) in [5, 5.41) is 7.58. The van der Waals surface area contributed by atoms with E-state index in [1.807, 2.05) is 6.92 Å². The Morgan fingerprint density at radius 3 is 2.68 bits per heavy atom. The molecule has 0 aliphatic carbocycles. The van der Waals surface area contributed by atoms with Gasteiger partial charge in [-0.25, -0.2) is 9.37 Å². The molecule has 0 radical (unpaired) electrons. The molecule has 2 aromatic heterocycles. The second-order valence-electron chi connectivity index (χ2n) is 4.78. The normalized spacial score (nSPS) is 10.7. The van der Waals surface area contributed by atoms with Gasteiger partial charge in [0.15, 0.2) is 5.13 Å². The third-order valence-electron chi connectivity index (χ3n) is 3.09. The standard InChI is InChI=1S/C15H13FN4OS/c1-9-8-17-15(22-9)18-14(21)13-7-12(19-20(13)2)10-3-5-11(16)6-4-10/h3-8H,1-2H3,(H,17,18,21). The Balaban J connectivity index is 1.85. The van der Waals surface area contributed by atoms with Crippen LogP contribution in [0, 0.1) is 12.7 Å². The average Bonchev–Trinajstić information content (AvgIpc) is 3.06. The van der Waals surface area contributed by atoms with E-state index in [1.54, 1.807) is 31.4 Å². The molecule has 22 heavy (non-hydrogen) atoms. The fraction of sp³-hybridized carbons (Fsp3) is 0.133. The van der Waals surface area contributed by atoms with Gasteiger partial charge in [-0.15, -0.1) is 11.3 Å². The highest BCUT2D eigenvalue weighted by Crippen LogP contribution is 2.21. The second-order valence-corrected chi connectivity index (χ2v) is 6.01. The van der Waals surface area contributed by atoms with Crippen molar-refractivity contribution >= 4 is 22.4 Å². The third kappa shape index (κ3) is 2.89. The zero-order valence-corrected chi connectivity index (χ0v) is 12.8. The number of aromatic nitrogens is 3. The molecule has 1 N–H and O–H groups in total. The van der Waals surface area contributed by atoms with Crippen LogP contribution >= 0.6 is 11.3 Å². The molecule has 7 heteroatoms. The van der Waals surface area contributed by atoms with Crippen LogP contribution in [0.3, 0.4) is 0 Å². The van der Waals surface area contributed by atoms with Gasteiger partial charge in [-0.2, -0.15) is 5.10 Å². The largest absolute Gasteiger partial charge is 0.296 e. The van der Waals surface area contributed by atoms with Crippen molar-refractivity contribution in [3.05, 3.63) is 52.9 Å². The van der Waals surface area contributed by atoms with Crippen LogP contribution in [0.5, 0.6) is 0 Å². The molecule has 0 unspecified atom stereocenters. The van der Waals surface area contributed by atoms with Crippen molar-refractivity contribution in [1.29, 1.82) is 0 Å². The molecule has 3 rings (SSSR count). The van der Waals surface area contributed by atoms with E-state index in [2.05, 4.69) is 15.4 Å². The van der Waals surface area contributed by atoms with Crippen LogP contribution in [0.1, 0.15) is 15.4 Å². The number of anilines is 1. The molecule has 3 aromatic rings. The first kappa shape index (κ1) is 14.4. The number of rotatable bonds is 3. The monoisotopic (exact) mass is 316 g/mol. The molecule has 0 saturated heterocycles. The van der Waals surface area contributed by atoms with Crippen molar-refractivity contribution in [1.82, 2.24) is 14.8 Å². The van der Waals surface area contributed by atoms with Crippen molar-refractivity contribution in [2.24, 2.45) is 7.05 Å². The topological polar surface area (TPSA) is 59.8 Å². The van der Waals surface area contributed by atoms with Crippen LogP contribution in [0.25, 0.3) is 11.3 Å². The molecule has 5 nitrogen and oxygen atoms in total. The van der Waals surface area contributed by atoms with Gasteiger partial charge in [0.05, 0.1) is 5.69 Å². The van der Waals surface area contributed by atoms with Crippen molar-refractivity contribution < 1.29 is 9.18 Å². The lowest BCUT2D eigenvalue weighted by atomic mass is 10.1. The van der Waals surface area contributed by atoms with Gasteiger partial charge in [-0.1, -0.05) is 0 Å². The molecular formula is C15H13FN4OS. The minimum atomic E-state index is -0.309. The highest BCUT2D eigenvalue weighted by atomic mass is 32.1. The quantitative estimate of drug-likeness (QED) is 0.807. The summed E-state index contributed by atoms with van der Waals surface area (Å²) in [7, 11) is 1.69. The molecule has 0 saturated carbocycles. The minimum Gasteiger partial charge on any atom is -0.296 e. The van der Waals surface area contributed by atoms with Gasteiger partial charge < -0.3 is 0 Å². The van der Waals surface area contributed by atoms with E-state index in [-0.39, 0.29) is 11.7 Å². The lowest BCUT2D eigenvalue weighted by molar-refractivity contribution is 0.101. The van der Waals surface area contributed by atoms with Crippen LogP contribution in [0.4, 0.5) is 9.52 Å². The first-order chi connectivity index (χ1) is 10.5. The zero-order valence-electron chi connectivity index (χ0n) is 12.0. The van der Waals surface area contributed by atoms with E-state index < -0.39 is 0 Å². The molecule has 1 amide bonds. The number of halogens is 1. The lowest BCUT2D eigenvalue weighted by Gasteiger charge is -2.00. The summed E-state index contributed by atoms with van der Waals surface area (Å²) in [6.07, 6.45) is 1.70. The number of carbonyl (C=O) groups excluding carboxylic acids is 1. The molecule has 0 fully saturated rings. The van der Waals surface area contributed by atoms with Crippen LogP contribution in [-0.2, 0) is 7.05 Å². The number of thiazole rings is 1. The summed E-state index contributed by atoms with van der Waals surface area (Å²) in [4.78, 5) is 17.4. The first-order valence-corrected chi connectivity index (χ1v) is 7.38. The highest BCUT2D eigenvalue weighted by molar-refractivity contribution is 7.15. The highest BCUT2D eigenvalue weighted by Gasteiger charge is 2.15. The zero-order chi connectivity index (χ0) is 15.7. The van der Waals surface area contributed by atoms with Gasteiger partial charge in [0.2, 0.25) is 0 Å². The Kier molecular flexibility index (Phi) is 3.72. The molecular weight excluding hydrogens is 303 g/mol. The number of aryl methyl sites for hydroxylation is 2. The number of hydrogen-bond acceptors (Lipinski definition) is 4. The molecule has 0 aliphatic rings. The van der Waals surface area contributed by atoms with Gasteiger partial charge in [-0.3, -0.25) is 14.8 Å². The van der Waals surface area contributed by atoms with Gasteiger partial charge in [0.1, 0.15) is 11.5 Å². The number of hydrogen-bond donors (Lipinski definition) is 1. The number of nitrogens with zero attached hydrogens (tertiary/aromatic N) is 3. The number of nitrogens with one attached hydrogen (secondary N) is 1. The molecule has 0 spiro atoms. The summed E-state index contributed by atoms with van der Waals surface area (Å²) in [6, 6.07) is 7.65. The van der Waals surface area contributed by atoms with Crippen LogP contribution in [-0.4, -0.2) is 20.7 Å². The Hall–Kier alpha value is -2.54. The van der Waals surface area contributed by atoms with E-state index in [1.165, 1.54) is 28.2 Å². The van der Waals surface area contributed by atoms with Gasteiger partial charge >= 0.3 is 0 Å².